The monoisotopic (exact) mass is 254 g/mol. The highest BCUT2D eigenvalue weighted by Gasteiger charge is 2.24. The van der Waals surface area contributed by atoms with E-state index in [1.165, 1.54) is 0 Å². The van der Waals surface area contributed by atoms with Crippen LogP contribution < -0.4 is 4.90 Å². The van der Waals surface area contributed by atoms with Crippen molar-refractivity contribution in [1.29, 1.82) is 0 Å². The number of aromatic nitrogens is 2. The summed E-state index contributed by atoms with van der Waals surface area (Å²) >= 11 is 5.91. The van der Waals surface area contributed by atoms with Crippen molar-refractivity contribution in [2.45, 2.75) is 13.8 Å². The van der Waals surface area contributed by atoms with E-state index in [4.69, 9.17) is 11.6 Å². The first-order chi connectivity index (χ1) is 8.00. The van der Waals surface area contributed by atoms with Crippen LogP contribution >= 0.6 is 11.6 Å². The maximum absolute atomic E-state index is 11.7. The number of anilines is 1. The van der Waals surface area contributed by atoms with E-state index in [2.05, 4.69) is 10.2 Å². The van der Waals surface area contributed by atoms with Crippen molar-refractivity contribution in [3.63, 3.8) is 0 Å². The van der Waals surface area contributed by atoms with Gasteiger partial charge in [-0.1, -0.05) is 11.6 Å². The molecule has 1 saturated heterocycles. The summed E-state index contributed by atoms with van der Waals surface area (Å²) in [4.78, 5) is 15.3. The fourth-order valence-electron chi connectivity index (χ4n) is 1.80. The number of carbonyl (C=O) groups is 1. The molecule has 0 N–H and O–H groups in total. The largest absolute Gasteiger partial charge is 0.344 e. The lowest BCUT2D eigenvalue weighted by Crippen LogP contribution is -2.49. The molecule has 0 radical (unpaired) electrons. The predicted molar refractivity (Wildman–Crippen MR) is 66.4 cm³/mol. The van der Waals surface area contributed by atoms with Crippen molar-refractivity contribution in [2.24, 2.45) is 0 Å². The van der Waals surface area contributed by atoms with Crippen molar-refractivity contribution in [1.82, 2.24) is 15.1 Å². The Labute approximate surface area is 105 Å². The molecule has 1 aliphatic rings. The van der Waals surface area contributed by atoms with Crippen LogP contribution in [-0.4, -0.2) is 47.7 Å². The second-order valence-electron chi connectivity index (χ2n) is 4.30. The van der Waals surface area contributed by atoms with Gasteiger partial charge >= 0.3 is 0 Å². The van der Waals surface area contributed by atoms with Crippen LogP contribution in [-0.2, 0) is 4.79 Å². The number of rotatable bonds is 1. The molecule has 1 aliphatic heterocycles. The average Bonchev–Trinajstić information content (AvgIpc) is 2.30. The number of nitrogens with zero attached hydrogens (tertiary/aromatic N) is 4. The van der Waals surface area contributed by atoms with Crippen LogP contribution in [0.3, 0.4) is 0 Å². The molecule has 1 amide bonds. The van der Waals surface area contributed by atoms with Crippen molar-refractivity contribution in [3.05, 3.63) is 16.3 Å². The highest BCUT2D eigenvalue weighted by atomic mass is 35.5. The van der Waals surface area contributed by atoms with E-state index < -0.39 is 0 Å². The van der Waals surface area contributed by atoms with Gasteiger partial charge in [0.1, 0.15) is 0 Å². The SMILES string of the molecule is Cc1c(Cl)nnc(N2CCN(C)C(=O)C2)c1C. The molecular weight excluding hydrogens is 240 g/mol. The van der Waals surface area contributed by atoms with Crippen LogP contribution in [0.2, 0.25) is 5.15 Å². The lowest BCUT2D eigenvalue weighted by atomic mass is 10.2. The molecule has 0 aliphatic carbocycles. The number of carbonyl (C=O) groups excluding carboxylic acids is 1. The molecule has 92 valence electrons. The molecular formula is C11H15ClN4O. The molecule has 0 atom stereocenters. The Hall–Kier alpha value is -1.36. The predicted octanol–water partition coefficient (Wildman–Crippen LogP) is 1.03. The second-order valence-corrected chi connectivity index (χ2v) is 4.66. The summed E-state index contributed by atoms with van der Waals surface area (Å²) in [5, 5.41) is 8.43. The van der Waals surface area contributed by atoms with E-state index in [-0.39, 0.29) is 5.91 Å². The van der Waals surface area contributed by atoms with Crippen LogP contribution in [0.15, 0.2) is 0 Å². The van der Waals surface area contributed by atoms with E-state index in [0.29, 0.717) is 18.2 Å². The van der Waals surface area contributed by atoms with Crippen LogP contribution in [0.5, 0.6) is 0 Å². The maximum atomic E-state index is 11.7. The van der Waals surface area contributed by atoms with Crippen LogP contribution in [0, 0.1) is 13.8 Å². The normalized spacial score (nSPS) is 16.6. The zero-order chi connectivity index (χ0) is 12.6. The summed E-state index contributed by atoms with van der Waals surface area (Å²) < 4.78 is 0. The first-order valence-electron chi connectivity index (χ1n) is 5.49. The lowest BCUT2D eigenvalue weighted by Gasteiger charge is -2.33. The van der Waals surface area contributed by atoms with E-state index >= 15 is 0 Å². The fraction of sp³-hybridized carbons (Fsp3) is 0.545. The third kappa shape index (κ3) is 2.20. The number of amides is 1. The smallest absolute Gasteiger partial charge is 0.241 e. The molecule has 5 nitrogen and oxygen atoms in total. The summed E-state index contributed by atoms with van der Waals surface area (Å²) in [7, 11) is 1.81. The fourth-order valence-corrected chi connectivity index (χ4v) is 1.98. The van der Waals surface area contributed by atoms with Gasteiger partial charge in [-0.05, 0) is 25.0 Å². The summed E-state index contributed by atoms with van der Waals surface area (Å²) in [6.45, 7) is 5.70. The van der Waals surface area contributed by atoms with Crippen LogP contribution in [0.4, 0.5) is 5.82 Å². The summed E-state index contributed by atoms with van der Waals surface area (Å²) in [5.74, 6) is 0.860. The minimum atomic E-state index is 0.102. The molecule has 0 saturated carbocycles. The maximum Gasteiger partial charge on any atom is 0.241 e. The first kappa shape index (κ1) is 12.1. The molecule has 1 fully saturated rings. The van der Waals surface area contributed by atoms with E-state index in [0.717, 1.165) is 23.5 Å². The van der Waals surface area contributed by atoms with Gasteiger partial charge in [0, 0.05) is 20.1 Å². The minimum absolute atomic E-state index is 0.102. The Morgan fingerprint density at radius 1 is 1.18 bits per heavy atom. The lowest BCUT2D eigenvalue weighted by molar-refractivity contribution is -0.129. The zero-order valence-electron chi connectivity index (χ0n) is 10.2. The summed E-state index contributed by atoms with van der Waals surface area (Å²) in [5.41, 5.74) is 1.91. The molecule has 17 heavy (non-hydrogen) atoms. The van der Waals surface area contributed by atoms with E-state index in [1.54, 1.807) is 4.90 Å². The van der Waals surface area contributed by atoms with Crippen LogP contribution in [0.25, 0.3) is 0 Å². The number of piperazine rings is 1. The van der Waals surface area contributed by atoms with Gasteiger partial charge < -0.3 is 9.80 Å². The summed E-state index contributed by atoms with van der Waals surface area (Å²) in [6.07, 6.45) is 0. The molecule has 2 heterocycles. The molecule has 0 aromatic carbocycles. The quantitative estimate of drug-likeness (QED) is 0.751. The van der Waals surface area contributed by atoms with Gasteiger partial charge in [0.05, 0.1) is 6.54 Å². The van der Waals surface area contributed by atoms with Crippen molar-refractivity contribution in [2.75, 3.05) is 31.6 Å². The second kappa shape index (κ2) is 4.49. The molecule has 0 unspecified atom stereocenters. The summed E-state index contributed by atoms with van der Waals surface area (Å²) in [6, 6.07) is 0. The molecule has 0 bridgehead atoms. The third-order valence-corrected chi connectivity index (χ3v) is 3.56. The van der Waals surface area contributed by atoms with E-state index in [9.17, 15) is 4.79 Å². The Kier molecular flexibility index (Phi) is 3.19. The Morgan fingerprint density at radius 2 is 1.88 bits per heavy atom. The third-order valence-electron chi connectivity index (χ3n) is 3.20. The van der Waals surface area contributed by atoms with Crippen molar-refractivity contribution < 1.29 is 4.79 Å². The standard InChI is InChI=1S/C11H15ClN4O/c1-7-8(2)11(14-13-10(7)12)16-5-4-15(3)9(17)6-16/h4-6H2,1-3H3. The van der Waals surface area contributed by atoms with Gasteiger partial charge in [0.25, 0.3) is 0 Å². The molecule has 1 aromatic heterocycles. The first-order valence-corrected chi connectivity index (χ1v) is 5.86. The zero-order valence-corrected chi connectivity index (χ0v) is 11.0. The van der Waals surface area contributed by atoms with Gasteiger partial charge in [0.15, 0.2) is 11.0 Å². The topological polar surface area (TPSA) is 49.3 Å². The average molecular weight is 255 g/mol. The van der Waals surface area contributed by atoms with Gasteiger partial charge in [-0.25, -0.2) is 0 Å². The highest BCUT2D eigenvalue weighted by molar-refractivity contribution is 6.30. The van der Waals surface area contributed by atoms with E-state index in [1.807, 2.05) is 25.8 Å². The Bertz CT molecular complexity index is 463. The van der Waals surface area contributed by atoms with Gasteiger partial charge in [0.2, 0.25) is 5.91 Å². The number of likely N-dealkylation sites (N-methyl/N-ethyl adjacent to an activating group) is 1. The van der Waals surface area contributed by atoms with Gasteiger partial charge in [-0.2, -0.15) is 0 Å². The number of hydrogen-bond donors (Lipinski definition) is 0. The molecule has 0 spiro atoms. The number of hydrogen-bond acceptors (Lipinski definition) is 4. The van der Waals surface area contributed by atoms with Crippen LogP contribution in [0.1, 0.15) is 11.1 Å². The highest BCUT2D eigenvalue weighted by Crippen LogP contribution is 2.24. The number of halogens is 1. The Balaban J connectivity index is 2.29. The Morgan fingerprint density at radius 3 is 2.53 bits per heavy atom. The van der Waals surface area contributed by atoms with Gasteiger partial charge in [-0.15, -0.1) is 10.2 Å². The minimum Gasteiger partial charge on any atom is -0.344 e. The molecule has 2 rings (SSSR count). The van der Waals surface area contributed by atoms with Crippen molar-refractivity contribution >= 4 is 23.3 Å². The van der Waals surface area contributed by atoms with Crippen molar-refractivity contribution in [3.8, 4) is 0 Å². The molecule has 1 aromatic rings. The molecule has 6 heteroatoms. The van der Waals surface area contributed by atoms with Gasteiger partial charge in [-0.3, -0.25) is 4.79 Å².